The Morgan fingerprint density at radius 2 is 1.72 bits per heavy atom. The molecule has 0 aliphatic rings. The molecule has 0 fully saturated rings. The molecule has 0 bridgehead atoms. The fraction of sp³-hybridized carbons (Fsp3) is 0.136. The predicted molar refractivity (Wildman–Crippen MR) is 114 cm³/mol. The van der Waals surface area contributed by atoms with Crippen molar-refractivity contribution in [3.63, 3.8) is 0 Å². The highest BCUT2D eigenvalue weighted by molar-refractivity contribution is 7.99. The molecule has 0 saturated heterocycles. The Morgan fingerprint density at radius 3 is 2.38 bits per heavy atom. The van der Waals surface area contributed by atoms with Crippen molar-refractivity contribution in [1.82, 2.24) is 14.8 Å². The quantitative estimate of drug-likeness (QED) is 0.419. The van der Waals surface area contributed by atoms with Crippen LogP contribution in [0.25, 0.3) is 17.3 Å². The number of hydrogen-bond donors (Lipinski definition) is 0. The highest BCUT2D eigenvalue weighted by Gasteiger charge is 2.20. The standard InChI is InChI=1S/C22H20N4O2S/c1-2-25(17-10-5-3-6-11-17)20(27)16-29-22-24-23-21(19-14-9-15-28-19)26(22)18-12-7-4-8-13-18/h3-15H,2,16H2,1H3. The number of carbonyl (C=O) groups excluding carboxylic acids is 1. The second-order valence-electron chi connectivity index (χ2n) is 6.22. The molecular weight excluding hydrogens is 384 g/mol. The molecule has 2 aromatic heterocycles. The molecule has 0 atom stereocenters. The number of nitrogens with zero attached hydrogens (tertiary/aromatic N) is 4. The number of carbonyl (C=O) groups is 1. The van der Waals surface area contributed by atoms with Gasteiger partial charge in [0.25, 0.3) is 0 Å². The molecule has 0 spiro atoms. The van der Waals surface area contributed by atoms with Gasteiger partial charge in [0.1, 0.15) is 0 Å². The Labute approximate surface area is 173 Å². The van der Waals surface area contributed by atoms with Crippen LogP contribution < -0.4 is 4.90 Å². The van der Waals surface area contributed by atoms with Crippen LogP contribution in [0.2, 0.25) is 0 Å². The van der Waals surface area contributed by atoms with Gasteiger partial charge in [-0.3, -0.25) is 9.36 Å². The first kappa shape index (κ1) is 19.0. The summed E-state index contributed by atoms with van der Waals surface area (Å²) in [5, 5.41) is 9.27. The van der Waals surface area contributed by atoms with E-state index in [1.165, 1.54) is 11.8 Å². The first-order chi connectivity index (χ1) is 14.3. The molecule has 146 valence electrons. The van der Waals surface area contributed by atoms with Crippen molar-refractivity contribution in [3.8, 4) is 17.3 Å². The summed E-state index contributed by atoms with van der Waals surface area (Å²) in [4.78, 5) is 14.6. The summed E-state index contributed by atoms with van der Waals surface area (Å²) in [5.41, 5.74) is 1.80. The summed E-state index contributed by atoms with van der Waals surface area (Å²) in [6.07, 6.45) is 1.61. The lowest BCUT2D eigenvalue weighted by Crippen LogP contribution is -2.32. The minimum absolute atomic E-state index is 0.0193. The lowest BCUT2D eigenvalue weighted by atomic mass is 10.3. The summed E-state index contributed by atoms with van der Waals surface area (Å²) in [7, 11) is 0. The zero-order valence-electron chi connectivity index (χ0n) is 15.9. The predicted octanol–water partition coefficient (Wildman–Crippen LogP) is 4.67. The van der Waals surface area contributed by atoms with Crippen LogP contribution in [-0.2, 0) is 4.79 Å². The number of aromatic nitrogens is 3. The minimum atomic E-state index is 0.0193. The smallest absolute Gasteiger partial charge is 0.237 e. The van der Waals surface area contributed by atoms with Gasteiger partial charge in [0, 0.05) is 17.9 Å². The average molecular weight is 404 g/mol. The maximum absolute atomic E-state index is 12.9. The molecule has 0 saturated carbocycles. The van der Waals surface area contributed by atoms with Gasteiger partial charge in [0.2, 0.25) is 11.7 Å². The molecule has 1 amide bonds. The van der Waals surface area contributed by atoms with E-state index in [0.29, 0.717) is 23.3 Å². The maximum atomic E-state index is 12.9. The van der Waals surface area contributed by atoms with Gasteiger partial charge < -0.3 is 9.32 Å². The molecule has 0 aliphatic heterocycles. The Balaban J connectivity index is 1.60. The Kier molecular flexibility index (Phi) is 5.76. The Bertz CT molecular complexity index is 1060. The normalized spacial score (nSPS) is 10.8. The van der Waals surface area contributed by atoms with Gasteiger partial charge in [0.05, 0.1) is 12.0 Å². The second-order valence-corrected chi connectivity index (χ2v) is 7.16. The van der Waals surface area contributed by atoms with E-state index < -0.39 is 0 Å². The molecule has 29 heavy (non-hydrogen) atoms. The van der Waals surface area contributed by atoms with Crippen LogP contribution in [-0.4, -0.2) is 33.0 Å². The van der Waals surface area contributed by atoms with Crippen molar-refractivity contribution in [2.45, 2.75) is 12.1 Å². The number of para-hydroxylation sites is 2. The summed E-state index contributed by atoms with van der Waals surface area (Å²) < 4.78 is 7.44. The molecular formula is C22H20N4O2S. The van der Waals surface area contributed by atoms with Crippen LogP contribution in [0, 0.1) is 0 Å². The zero-order valence-corrected chi connectivity index (χ0v) is 16.7. The molecule has 4 rings (SSSR count). The zero-order chi connectivity index (χ0) is 20.1. The van der Waals surface area contributed by atoms with Crippen molar-refractivity contribution in [3.05, 3.63) is 79.1 Å². The van der Waals surface area contributed by atoms with Crippen LogP contribution in [0.3, 0.4) is 0 Å². The topological polar surface area (TPSA) is 64.2 Å². The molecule has 2 aromatic carbocycles. The third-order valence-electron chi connectivity index (χ3n) is 4.40. The van der Waals surface area contributed by atoms with E-state index in [-0.39, 0.29) is 11.7 Å². The van der Waals surface area contributed by atoms with Crippen LogP contribution >= 0.6 is 11.8 Å². The fourth-order valence-electron chi connectivity index (χ4n) is 3.05. The maximum Gasteiger partial charge on any atom is 0.237 e. The third kappa shape index (κ3) is 4.09. The van der Waals surface area contributed by atoms with Crippen molar-refractivity contribution in [2.24, 2.45) is 0 Å². The first-order valence-corrected chi connectivity index (χ1v) is 10.3. The molecule has 4 aromatic rings. The Morgan fingerprint density at radius 1 is 1.00 bits per heavy atom. The van der Waals surface area contributed by atoms with E-state index in [1.807, 2.05) is 84.3 Å². The lowest BCUT2D eigenvalue weighted by Gasteiger charge is -2.20. The summed E-state index contributed by atoms with van der Waals surface area (Å²) in [6.45, 7) is 2.57. The molecule has 0 unspecified atom stereocenters. The number of anilines is 1. The largest absolute Gasteiger partial charge is 0.461 e. The molecule has 2 heterocycles. The number of thioether (sulfide) groups is 1. The van der Waals surface area contributed by atoms with Gasteiger partial charge >= 0.3 is 0 Å². The van der Waals surface area contributed by atoms with Crippen molar-refractivity contribution >= 4 is 23.4 Å². The first-order valence-electron chi connectivity index (χ1n) is 9.31. The Hall–Kier alpha value is -3.32. The third-order valence-corrected chi connectivity index (χ3v) is 5.31. The second kappa shape index (κ2) is 8.79. The van der Waals surface area contributed by atoms with Crippen LogP contribution in [0.5, 0.6) is 0 Å². The van der Waals surface area contributed by atoms with Crippen LogP contribution in [0.1, 0.15) is 6.92 Å². The van der Waals surface area contributed by atoms with Crippen molar-refractivity contribution < 1.29 is 9.21 Å². The van der Waals surface area contributed by atoms with E-state index in [0.717, 1.165) is 11.4 Å². The number of benzene rings is 2. The number of furan rings is 1. The van der Waals surface area contributed by atoms with E-state index in [9.17, 15) is 4.79 Å². The molecule has 6 nitrogen and oxygen atoms in total. The van der Waals surface area contributed by atoms with E-state index in [4.69, 9.17) is 4.42 Å². The summed E-state index contributed by atoms with van der Waals surface area (Å²) in [6, 6.07) is 23.1. The van der Waals surface area contributed by atoms with Gasteiger partial charge in [0.15, 0.2) is 10.9 Å². The van der Waals surface area contributed by atoms with E-state index in [2.05, 4.69) is 10.2 Å². The molecule has 7 heteroatoms. The average Bonchev–Trinajstić information content (AvgIpc) is 3.44. The van der Waals surface area contributed by atoms with Crippen LogP contribution in [0.4, 0.5) is 5.69 Å². The number of hydrogen-bond acceptors (Lipinski definition) is 5. The van der Waals surface area contributed by atoms with E-state index >= 15 is 0 Å². The monoisotopic (exact) mass is 404 g/mol. The van der Waals surface area contributed by atoms with E-state index in [1.54, 1.807) is 11.2 Å². The van der Waals surface area contributed by atoms with Crippen LogP contribution in [0.15, 0.2) is 88.6 Å². The highest BCUT2D eigenvalue weighted by atomic mass is 32.2. The number of rotatable bonds is 7. The lowest BCUT2D eigenvalue weighted by molar-refractivity contribution is -0.116. The van der Waals surface area contributed by atoms with Gasteiger partial charge in [-0.05, 0) is 43.3 Å². The molecule has 0 aliphatic carbocycles. The van der Waals surface area contributed by atoms with Gasteiger partial charge in [-0.2, -0.15) is 0 Å². The molecule has 0 N–H and O–H groups in total. The fourth-order valence-corrected chi connectivity index (χ4v) is 3.88. The summed E-state index contributed by atoms with van der Waals surface area (Å²) in [5.74, 6) is 1.50. The van der Waals surface area contributed by atoms with Gasteiger partial charge in [-0.15, -0.1) is 10.2 Å². The molecule has 0 radical (unpaired) electrons. The SMILES string of the molecule is CCN(C(=O)CSc1nnc(-c2ccco2)n1-c1ccccc1)c1ccccc1. The summed E-state index contributed by atoms with van der Waals surface area (Å²) >= 11 is 1.36. The minimum Gasteiger partial charge on any atom is -0.461 e. The number of amides is 1. The van der Waals surface area contributed by atoms with Gasteiger partial charge in [-0.1, -0.05) is 48.2 Å². The van der Waals surface area contributed by atoms with Crippen molar-refractivity contribution in [2.75, 3.05) is 17.2 Å². The van der Waals surface area contributed by atoms with Crippen molar-refractivity contribution in [1.29, 1.82) is 0 Å². The highest BCUT2D eigenvalue weighted by Crippen LogP contribution is 2.28. The van der Waals surface area contributed by atoms with Gasteiger partial charge in [-0.25, -0.2) is 0 Å².